The molecule has 20 heavy (non-hydrogen) atoms. The van der Waals surface area contributed by atoms with Gasteiger partial charge in [-0.05, 0) is 26.0 Å². The molecule has 2 heterocycles. The lowest BCUT2D eigenvalue weighted by atomic mass is 10.3. The zero-order valence-corrected chi connectivity index (χ0v) is 10.9. The Balaban J connectivity index is 1.85. The topological polar surface area (TPSA) is 48.3 Å². The van der Waals surface area contributed by atoms with E-state index in [1.54, 1.807) is 12.3 Å². The van der Waals surface area contributed by atoms with E-state index in [-0.39, 0.29) is 17.5 Å². The number of ether oxygens (including phenoxy) is 2. The lowest BCUT2D eigenvalue weighted by molar-refractivity contribution is -0.286. The normalized spacial score (nSPS) is 15.7. The maximum Gasteiger partial charge on any atom is 0.586 e. The fourth-order valence-corrected chi connectivity index (χ4v) is 1.98. The van der Waals surface area contributed by atoms with Crippen molar-refractivity contribution in [2.24, 2.45) is 0 Å². The molecule has 3 rings (SSSR count). The molecule has 1 aliphatic rings. The second kappa shape index (κ2) is 4.36. The molecular formula is C13H13F2N3O2. The summed E-state index contributed by atoms with van der Waals surface area (Å²) in [6.45, 7) is 4.04. The Morgan fingerprint density at radius 1 is 1.25 bits per heavy atom. The molecule has 0 saturated carbocycles. The van der Waals surface area contributed by atoms with Crippen molar-refractivity contribution in [3.05, 3.63) is 30.6 Å². The highest BCUT2D eigenvalue weighted by Crippen LogP contribution is 2.42. The van der Waals surface area contributed by atoms with Crippen LogP contribution in [0.5, 0.6) is 11.5 Å². The summed E-state index contributed by atoms with van der Waals surface area (Å²) in [5.74, 6) is 0.654. The molecule has 0 aliphatic carbocycles. The van der Waals surface area contributed by atoms with Crippen LogP contribution < -0.4 is 14.8 Å². The van der Waals surface area contributed by atoms with E-state index >= 15 is 0 Å². The molecule has 0 spiro atoms. The Morgan fingerprint density at radius 2 is 2.00 bits per heavy atom. The summed E-state index contributed by atoms with van der Waals surface area (Å²) in [6.07, 6.45) is -0.0883. The van der Waals surface area contributed by atoms with Gasteiger partial charge in [0.15, 0.2) is 11.5 Å². The molecule has 106 valence electrons. The molecule has 0 amide bonds. The average molecular weight is 281 g/mol. The largest absolute Gasteiger partial charge is 0.586 e. The number of hydrogen-bond acceptors (Lipinski definition) is 4. The van der Waals surface area contributed by atoms with Gasteiger partial charge < -0.3 is 19.4 Å². The van der Waals surface area contributed by atoms with Crippen LogP contribution in [-0.2, 0) is 0 Å². The number of aromatic nitrogens is 2. The quantitative estimate of drug-likeness (QED) is 0.935. The Kier molecular flexibility index (Phi) is 2.77. The van der Waals surface area contributed by atoms with Gasteiger partial charge in [-0.15, -0.1) is 8.78 Å². The first-order valence-electron chi connectivity index (χ1n) is 6.14. The summed E-state index contributed by atoms with van der Waals surface area (Å²) >= 11 is 0. The molecule has 0 fully saturated rings. The fourth-order valence-electron chi connectivity index (χ4n) is 1.98. The van der Waals surface area contributed by atoms with Crippen molar-refractivity contribution in [2.45, 2.75) is 26.2 Å². The van der Waals surface area contributed by atoms with Gasteiger partial charge in [0.2, 0.25) is 5.95 Å². The maximum absolute atomic E-state index is 12.9. The highest BCUT2D eigenvalue weighted by atomic mass is 19.3. The number of alkyl halides is 2. The van der Waals surface area contributed by atoms with E-state index in [0.29, 0.717) is 11.6 Å². The van der Waals surface area contributed by atoms with Crippen molar-refractivity contribution >= 4 is 11.6 Å². The maximum atomic E-state index is 12.9. The van der Waals surface area contributed by atoms with Crippen LogP contribution in [0.2, 0.25) is 0 Å². The van der Waals surface area contributed by atoms with E-state index in [1.807, 2.05) is 24.6 Å². The van der Waals surface area contributed by atoms with E-state index in [2.05, 4.69) is 19.8 Å². The van der Waals surface area contributed by atoms with Crippen molar-refractivity contribution in [2.75, 3.05) is 5.32 Å². The first-order chi connectivity index (χ1) is 9.44. The molecule has 1 aromatic heterocycles. The number of rotatable bonds is 3. The monoisotopic (exact) mass is 281 g/mol. The molecule has 2 aromatic rings. The third-order valence-corrected chi connectivity index (χ3v) is 2.88. The van der Waals surface area contributed by atoms with Crippen LogP contribution >= 0.6 is 0 Å². The number of imidazole rings is 1. The first-order valence-corrected chi connectivity index (χ1v) is 6.14. The Hall–Kier alpha value is -2.31. The van der Waals surface area contributed by atoms with Crippen molar-refractivity contribution in [3.8, 4) is 11.5 Å². The van der Waals surface area contributed by atoms with Crippen molar-refractivity contribution < 1.29 is 18.3 Å². The number of nitrogens with zero attached hydrogens (tertiary/aromatic N) is 2. The van der Waals surface area contributed by atoms with Gasteiger partial charge in [0.1, 0.15) is 0 Å². The minimum Gasteiger partial charge on any atom is -0.395 e. The van der Waals surface area contributed by atoms with Crippen molar-refractivity contribution in [1.82, 2.24) is 9.55 Å². The number of benzene rings is 1. The third kappa shape index (κ3) is 2.26. The number of hydrogen-bond donors (Lipinski definition) is 1. The predicted octanol–water partition coefficient (Wildman–Crippen LogP) is 3.53. The number of fused-ring (bicyclic) bond motifs is 1. The zero-order valence-electron chi connectivity index (χ0n) is 10.9. The molecule has 1 aromatic carbocycles. The molecule has 0 saturated heterocycles. The average Bonchev–Trinajstić information content (AvgIpc) is 2.91. The van der Waals surface area contributed by atoms with Crippen LogP contribution in [0.25, 0.3) is 0 Å². The molecule has 5 nitrogen and oxygen atoms in total. The molecule has 0 bridgehead atoms. The van der Waals surface area contributed by atoms with Gasteiger partial charge in [0, 0.05) is 30.2 Å². The lowest BCUT2D eigenvalue weighted by Gasteiger charge is -2.12. The number of anilines is 2. The minimum absolute atomic E-state index is 0.00246. The van der Waals surface area contributed by atoms with Gasteiger partial charge in [-0.2, -0.15) is 0 Å². The number of halogens is 2. The second-order valence-corrected chi connectivity index (χ2v) is 4.71. The SMILES string of the molecule is CC(C)n1ccnc1Nc1ccc2c(c1)OC(F)(F)O2. The summed E-state index contributed by atoms with van der Waals surface area (Å²) in [5, 5.41) is 3.06. The van der Waals surface area contributed by atoms with Gasteiger partial charge in [0.05, 0.1) is 0 Å². The fraction of sp³-hybridized carbons (Fsp3) is 0.308. The van der Waals surface area contributed by atoms with Gasteiger partial charge in [-0.25, -0.2) is 4.98 Å². The summed E-state index contributed by atoms with van der Waals surface area (Å²) < 4.78 is 36.6. The van der Waals surface area contributed by atoms with Crippen LogP contribution in [0, 0.1) is 0 Å². The highest BCUT2D eigenvalue weighted by Gasteiger charge is 2.43. The summed E-state index contributed by atoms with van der Waals surface area (Å²) in [5.41, 5.74) is 0.596. The van der Waals surface area contributed by atoms with Crippen LogP contribution in [0.15, 0.2) is 30.6 Å². The van der Waals surface area contributed by atoms with Gasteiger partial charge >= 0.3 is 6.29 Å². The van der Waals surface area contributed by atoms with Crippen LogP contribution in [0.3, 0.4) is 0 Å². The molecule has 0 unspecified atom stereocenters. The lowest BCUT2D eigenvalue weighted by Crippen LogP contribution is -2.25. The second-order valence-electron chi connectivity index (χ2n) is 4.71. The molecule has 0 atom stereocenters. The molecule has 1 aliphatic heterocycles. The minimum atomic E-state index is -3.60. The molecule has 0 radical (unpaired) electrons. The Labute approximate surface area is 114 Å². The van der Waals surface area contributed by atoms with Crippen LogP contribution in [-0.4, -0.2) is 15.8 Å². The Morgan fingerprint density at radius 3 is 2.75 bits per heavy atom. The summed E-state index contributed by atoms with van der Waals surface area (Å²) in [6, 6.07) is 4.75. The number of nitrogens with one attached hydrogen (secondary N) is 1. The highest BCUT2D eigenvalue weighted by molar-refractivity contribution is 5.60. The standard InChI is InChI=1S/C13H13F2N3O2/c1-8(2)18-6-5-16-12(18)17-9-3-4-10-11(7-9)20-13(14,15)19-10/h3-8H,1-2H3,(H,16,17). The molecule has 1 N–H and O–H groups in total. The smallest absolute Gasteiger partial charge is 0.395 e. The van der Waals surface area contributed by atoms with E-state index in [9.17, 15) is 8.78 Å². The zero-order chi connectivity index (χ0) is 14.3. The van der Waals surface area contributed by atoms with Crippen molar-refractivity contribution in [1.29, 1.82) is 0 Å². The molecular weight excluding hydrogens is 268 g/mol. The first kappa shape index (κ1) is 12.7. The summed E-state index contributed by atoms with van der Waals surface area (Å²) in [7, 11) is 0. The predicted molar refractivity (Wildman–Crippen MR) is 68.5 cm³/mol. The van der Waals surface area contributed by atoms with E-state index in [0.717, 1.165) is 0 Å². The van der Waals surface area contributed by atoms with Crippen LogP contribution in [0.4, 0.5) is 20.4 Å². The third-order valence-electron chi connectivity index (χ3n) is 2.88. The van der Waals surface area contributed by atoms with E-state index < -0.39 is 6.29 Å². The van der Waals surface area contributed by atoms with Crippen LogP contribution in [0.1, 0.15) is 19.9 Å². The summed E-state index contributed by atoms with van der Waals surface area (Å²) in [4.78, 5) is 4.19. The van der Waals surface area contributed by atoms with Gasteiger partial charge in [-0.1, -0.05) is 0 Å². The van der Waals surface area contributed by atoms with Gasteiger partial charge in [0.25, 0.3) is 0 Å². The van der Waals surface area contributed by atoms with Gasteiger partial charge in [-0.3, -0.25) is 0 Å². The molecule has 7 heteroatoms. The van der Waals surface area contributed by atoms with E-state index in [4.69, 9.17) is 0 Å². The van der Waals surface area contributed by atoms with E-state index in [1.165, 1.54) is 12.1 Å². The van der Waals surface area contributed by atoms with Crippen molar-refractivity contribution in [3.63, 3.8) is 0 Å². The Bertz CT molecular complexity index is 640.